The lowest BCUT2D eigenvalue weighted by atomic mass is 9.79. The molecule has 0 unspecified atom stereocenters. The van der Waals surface area contributed by atoms with Gasteiger partial charge in [-0.05, 0) is 25.7 Å². The van der Waals surface area contributed by atoms with Gasteiger partial charge < -0.3 is 18.9 Å². The fraction of sp³-hybridized carbons (Fsp3) is 0.706. The minimum Gasteiger partial charge on any atom is -0.381 e. The summed E-state index contributed by atoms with van der Waals surface area (Å²) in [7, 11) is 3.42. The SMILES string of the molecule is CO[C@H]1CC[C@@]2(OC)CCN(C(=O)CCn3ccc(=O)[nH]c3=O)[C@H]2C1. The van der Waals surface area contributed by atoms with Crippen LogP contribution in [0.1, 0.15) is 32.1 Å². The number of carbonyl (C=O) groups is 1. The lowest BCUT2D eigenvalue weighted by Crippen LogP contribution is -2.53. The van der Waals surface area contributed by atoms with E-state index in [9.17, 15) is 14.4 Å². The molecule has 3 rings (SSSR count). The smallest absolute Gasteiger partial charge is 0.328 e. The van der Waals surface area contributed by atoms with Crippen molar-refractivity contribution in [1.29, 1.82) is 0 Å². The maximum Gasteiger partial charge on any atom is 0.328 e. The zero-order chi connectivity index (χ0) is 18.0. The maximum absolute atomic E-state index is 12.7. The molecule has 1 amide bonds. The zero-order valence-corrected chi connectivity index (χ0v) is 14.7. The highest BCUT2D eigenvalue weighted by Gasteiger charge is 2.52. The molecule has 1 aromatic rings. The first kappa shape index (κ1) is 17.9. The van der Waals surface area contributed by atoms with Gasteiger partial charge in [-0.2, -0.15) is 0 Å². The number of nitrogens with one attached hydrogen (secondary N) is 1. The summed E-state index contributed by atoms with van der Waals surface area (Å²) < 4.78 is 12.7. The zero-order valence-electron chi connectivity index (χ0n) is 14.7. The molecule has 138 valence electrons. The summed E-state index contributed by atoms with van der Waals surface area (Å²) in [5.74, 6) is -0.00113. The van der Waals surface area contributed by atoms with Crippen LogP contribution >= 0.6 is 0 Å². The molecule has 3 atom stereocenters. The number of rotatable bonds is 5. The summed E-state index contributed by atoms with van der Waals surface area (Å²) in [5, 5.41) is 0. The maximum atomic E-state index is 12.7. The van der Waals surface area contributed by atoms with Crippen molar-refractivity contribution in [2.45, 2.75) is 56.4 Å². The number of aromatic nitrogens is 2. The Morgan fingerprint density at radius 1 is 1.36 bits per heavy atom. The molecule has 8 heteroatoms. The predicted octanol–water partition coefficient (Wildman–Crippen LogP) is 0.112. The molecule has 0 spiro atoms. The second kappa shape index (κ2) is 7.13. The van der Waals surface area contributed by atoms with Crippen molar-refractivity contribution in [3.8, 4) is 0 Å². The topological polar surface area (TPSA) is 93.6 Å². The third-order valence-electron chi connectivity index (χ3n) is 5.66. The van der Waals surface area contributed by atoms with Gasteiger partial charge in [0.15, 0.2) is 0 Å². The molecular weight excluding hydrogens is 326 g/mol. The number of likely N-dealkylation sites (tertiary alicyclic amines) is 1. The first-order valence-corrected chi connectivity index (χ1v) is 8.66. The first-order chi connectivity index (χ1) is 12.0. The fourth-order valence-corrected chi connectivity index (χ4v) is 4.15. The van der Waals surface area contributed by atoms with Crippen LogP contribution in [0.2, 0.25) is 0 Å². The second-order valence-electron chi connectivity index (χ2n) is 6.81. The van der Waals surface area contributed by atoms with Crippen molar-refractivity contribution in [1.82, 2.24) is 14.5 Å². The van der Waals surface area contributed by atoms with Gasteiger partial charge >= 0.3 is 5.69 Å². The molecule has 2 fully saturated rings. The van der Waals surface area contributed by atoms with E-state index in [1.165, 1.54) is 16.8 Å². The normalized spacial score (nSPS) is 28.8. The third kappa shape index (κ3) is 3.41. The molecule has 2 heterocycles. The van der Waals surface area contributed by atoms with E-state index in [1.807, 2.05) is 4.90 Å². The average Bonchev–Trinajstić information content (AvgIpc) is 2.99. The van der Waals surface area contributed by atoms with Gasteiger partial charge in [-0.25, -0.2) is 4.79 Å². The van der Waals surface area contributed by atoms with Crippen LogP contribution in [0.25, 0.3) is 0 Å². The molecule has 1 saturated carbocycles. The van der Waals surface area contributed by atoms with Crippen molar-refractivity contribution in [3.05, 3.63) is 33.1 Å². The molecule has 1 N–H and O–H groups in total. The van der Waals surface area contributed by atoms with Crippen molar-refractivity contribution in [3.63, 3.8) is 0 Å². The molecule has 0 aromatic carbocycles. The summed E-state index contributed by atoms with van der Waals surface area (Å²) in [5.41, 5.74) is -1.21. The standard InChI is InChI=1S/C17H25N3O5/c1-24-12-3-6-17(25-2)7-10-20(13(17)11-12)15(22)5-9-19-8-4-14(21)18-16(19)23/h4,8,12-13H,3,5-7,9-11H2,1-2H3,(H,18,21,23)/t12-,13-,17+/m0/s1. The van der Waals surface area contributed by atoms with Crippen molar-refractivity contribution in [2.75, 3.05) is 20.8 Å². The van der Waals surface area contributed by atoms with E-state index in [1.54, 1.807) is 14.2 Å². The molecule has 1 aromatic heterocycles. The minimum absolute atomic E-state index is 0.00113. The fourth-order valence-electron chi connectivity index (χ4n) is 4.15. The Morgan fingerprint density at radius 2 is 2.16 bits per heavy atom. The van der Waals surface area contributed by atoms with Crippen LogP contribution < -0.4 is 11.2 Å². The molecule has 0 bridgehead atoms. The highest BCUT2D eigenvalue weighted by atomic mass is 16.5. The van der Waals surface area contributed by atoms with Gasteiger partial charge in [0.25, 0.3) is 5.56 Å². The quantitative estimate of drug-likeness (QED) is 0.813. The number of carbonyl (C=O) groups excluding carboxylic acids is 1. The lowest BCUT2D eigenvalue weighted by molar-refractivity contribution is -0.141. The highest BCUT2D eigenvalue weighted by molar-refractivity contribution is 5.77. The largest absolute Gasteiger partial charge is 0.381 e. The molecule has 8 nitrogen and oxygen atoms in total. The van der Waals surface area contributed by atoms with Gasteiger partial charge in [0.1, 0.15) is 0 Å². The van der Waals surface area contributed by atoms with Crippen LogP contribution in [-0.2, 0) is 20.8 Å². The average molecular weight is 351 g/mol. The summed E-state index contributed by atoms with van der Waals surface area (Å²) in [6.07, 6.45) is 5.19. The van der Waals surface area contributed by atoms with Gasteiger partial charge in [0.05, 0.1) is 17.7 Å². The highest BCUT2D eigenvalue weighted by Crippen LogP contribution is 2.43. The third-order valence-corrected chi connectivity index (χ3v) is 5.66. The molecule has 1 saturated heterocycles. The number of methoxy groups -OCH3 is 2. The van der Waals surface area contributed by atoms with Gasteiger partial charge in [-0.1, -0.05) is 0 Å². The van der Waals surface area contributed by atoms with E-state index < -0.39 is 11.2 Å². The number of hydrogen-bond acceptors (Lipinski definition) is 5. The van der Waals surface area contributed by atoms with Crippen molar-refractivity contribution < 1.29 is 14.3 Å². The van der Waals surface area contributed by atoms with Gasteiger partial charge in [-0.15, -0.1) is 0 Å². The lowest BCUT2D eigenvalue weighted by Gasteiger charge is -2.43. The van der Waals surface area contributed by atoms with Gasteiger partial charge in [0.2, 0.25) is 5.91 Å². The molecule has 0 radical (unpaired) electrons. The van der Waals surface area contributed by atoms with Crippen molar-refractivity contribution >= 4 is 5.91 Å². The molecule has 1 aliphatic heterocycles. The van der Waals surface area contributed by atoms with E-state index in [0.717, 1.165) is 25.7 Å². The molecule has 1 aliphatic carbocycles. The Labute approximate surface area is 145 Å². The molecular formula is C17H25N3O5. The van der Waals surface area contributed by atoms with Crippen LogP contribution in [-0.4, -0.2) is 58.9 Å². The van der Waals surface area contributed by atoms with E-state index in [2.05, 4.69) is 4.98 Å². The number of fused-ring (bicyclic) bond motifs is 1. The van der Waals surface area contributed by atoms with Gasteiger partial charge in [-0.3, -0.25) is 14.6 Å². The van der Waals surface area contributed by atoms with E-state index in [0.29, 0.717) is 6.54 Å². The van der Waals surface area contributed by atoms with Crippen LogP contribution in [0.4, 0.5) is 0 Å². The van der Waals surface area contributed by atoms with Crippen molar-refractivity contribution in [2.24, 2.45) is 0 Å². The number of aromatic amines is 1. The van der Waals surface area contributed by atoms with E-state index in [4.69, 9.17) is 9.47 Å². The Kier molecular flexibility index (Phi) is 5.10. The van der Waals surface area contributed by atoms with E-state index >= 15 is 0 Å². The second-order valence-corrected chi connectivity index (χ2v) is 6.81. The number of ether oxygens (including phenoxy) is 2. The van der Waals surface area contributed by atoms with E-state index in [-0.39, 0.29) is 36.6 Å². The Morgan fingerprint density at radius 3 is 2.84 bits per heavy atom. The first-order valence-electron chi connectivity index (χ1n) is 8.66. The predicted molar refractivity (Wildman–Crippen MR) is 90.4 cm³/mol. The summed E-state index contributed by atoms with van der Waals surface area (Å²) in [6, 6.07) is 1.29. The number of amides is 1. The summed E-state index contributed by atoms with van der Waals surface area (Å²) in [4.78, 5) is 39.7. The van der Waals surface area contributed by atoms with Gasteiger partial charge in [0, 0.05) is 46.0 Å². The Hall–Kier alpha value is -1.93. The minimum atomic E-state index is -0.495. The Bertz CT molecular complexity index is 742. The van der Waals surface area contributed by atoms with Crippen LogP contribution in [0, 0.1) is 0 Å². The number of H-pyrrole nitrogens is 1. The Balaban J connectivity index is 1.69. The summed E-state index contributed by atoms with van der Waals surface area (Å²) >= 11 is 0. The number of hydrogen-bond donors (Lipinski definition) is 1. The number of nitrogens with zero attached hydrogens (tertiary/aromatic N) is 2. The van der Waals surface area contributed by atoms with Crippen LogP contribution in [0.5, 0.6) is 0 Å². The van der Waals surface area contributed by atoms with Crippen LogP contribution in [0.3, 0.4) is 0 Å². The molecule has 2 aliphatic rings. The number of aryl methyl sites for hydroxylation is 1. The monoisotopic (exact) mass is 351 g/mol. The molecule has 25 heavy (non-hydrogen) atoms. The summed E-state index contributed by atoms with van der Waals surface area (Å²) in [6.45, 7) is 0.902. The van der Waals surface area contributed by atoms with Crippen LogP contribution in [0.15, 0.2) is 21.9 Å².